The number of benzene rings is 1. The summed E-state index contributed by atoms with van der Waals surface area (Å²) in [7, 11) is 0. The van der Waals surface area contributed by atoms with Gasteiger partial charge in [-0.05, 0) is 18.2 Å². The molecule has 0 saturated carbocycles. The highest BCUT2D eigenvalue weighted by molar-refractivity contribution is 5.79. The van der Waals surface area contributed by atoms with Crippen molar-refractivity contribution in [3.63, 3.8) is 0 Å². The third-order valence-corrected chi connectivity index (χ3v) is 2.00. The number of hydrogen-bond donors (Lipinski definition) is 1. The third kappa shape index (κ3) is 1.96. The molecule has 4 heteroatoms. The number of nitrogens with zero attached hydrogens (tertiary/aromatic N) is 1. The molecule has 1 amide bonds. The van der Waals surface area contributed by atoms with E-state index in [9.17, 15) is 9.18 Å². The van der Waals surface area contributed by atoms with Gasteiger partial charge in [0, 0.05) is 5.56 Å². The van der Waals surface area contributed by atoms with Gasteiger partial charge in [0.25, 0.3) is 5.91 Å². The monoisotopic (exact) mass is 193 g/mol. The number of carbonyl (C=O) groups excluding carboxylic acids is 1. The van der Waals surface area contributed by atoms with Crippen molar-refractivity contribution in [2.75, 3.05) is 6.54 Å². The SMILES string of the molecule is O=C1CC/[N+](=C\c2cccc(F)c2)N1. The van der Waals surface area contributed by atoms with E-state index in [-0.39, 0.29) is 11.7 Å². The highest BCUT2D eigenvalue weighted by Crippen LogP contribution is 2.01. The van der Waals surface area contributed by atoms with Crippen LogP contribution in [0.5, 0.6) is 0 Å². The van der Waals surface area contributed by atoms with Crippen LogP contribution in [0.1, 0.15) is 12.0 Å². The zero-order valence-electron chi connectivity index (χ0n) is 7.53. The van der Waals surface area contributed by atoms with Crippen LogP contribution in [0.2, 0.25) is 0 Å². The van der Waals surface area contributed by atoms with Gasteiger partial charge < -0.3 is 0 Å². The van der Waals surface area contributed by atoms with Crippen LogP contribution < -0.4 is 5.43 Å². The Morgan fingerprint density at radius 2 is 2.36 bits per heavy atom. The fourth-order valence-corrected chi connectivity index (χ4v) is 1.36. The predicted molar refractivity (Wildman–Crippen MR) is 49.5 cm³/mol. The average molecular weight is 193 g/mol. The van der Waals surface area contributed by atoms with Crippen molar-refractivity contribution in [3.8, 4) is 0 Å². The second-order valence-corrected chi connectivity index (χ2v) is 3.16. The lowest BCUT2D eigenvalue weighted by Crippen LogP contribution is -2.25. The predicted octanol–water partition coefficient (Wildman–Crippen LogP) is 0.692. The summed E-state index contributed by atoms with van der Waals surface area (Å²) in [4.78, 5) is 10.9. The van der Waals surface area contributed by atoms with E-state index in [2.05, 4.69) is 5.43 Å². The lowest BCUT2D eigenvalue weighted by Gasteiger charge is -1.92. The quantitative estimate of drug-likeness (QED) is 0.654. The summed E-state index contributed by atoms with van der Waals surface area (Å²) < 4.78 is 14.5. The minimum absolute atomic E-state index is 0.00217. The average Bonchev–Trinajstić information content (AvgIpc) is 2.51. The number of hydrogen-bond acceptors (Lipinski definition) is 1. The molecule has 72 valence electrons. The molecule has 0 bridgehead atoms. The van der Waals surface area contributed by atoms with Crippen molar-refractivity contribution in [1.29, 1.82) is 0 Å². The van der Waals surface area contributed by atoms with Gasteiger partial charge in [0.05, 0.1) is 6.42 Å². The minimum atomic E-state index is -0.274. The van der Waals surface area contributed by atoms with E-state index < -0.39 is 0 Å². The van der Waals surface area contributed by atoms with Crippen LogP contribution >= 0.6 is 0 Å². The van der Waals surface area contributed by atoms with Crippen molar-refractivity contribution in [2.45, 2.75) is 6.42 Å². The Labute approximate surface area is 80.8 Å². The molecule has 1 fully saturated rings. The summed E-state index contributed by atoms with van der Waals surface area (Å²) in [6.07, 6.45) is 2.21. The maximum Gasteiger partial charge on any atom is 0.280 e. The Kier molecular flexibility index (Phi) is 2.26. The van der Waals surface area contributed by atoms with Crippen LogP contribution in [-0.2, 0) is 4.79 Å². The van der Waals surface area contributed by atoms with Crippen molar-refractivity contribution in [1.82, 2.24) is 5.43 Å². The molecule has 1 N–H and O–H groups in total. The van der Waals surface area contributed by atoms with E-state index in [1.54, 1.807) is 23.0 Å². The van der Waals surface area contributed by atoms with Crippen molar-refractivity contribution in [2.24, 2.45) is 0 Å². The minimum Gasteiger partial charge on any atom is -0.269 e. The van der Waals surface area contributed by atoms with Gasteiger partial charge in [0.2, 0.25) is 6.21 Å². The maximum atomic E-state index is 12.8. The first-order valence-corrected chi connectivity index (χ1v) is 4.40. The van der Waals surface area contributed by atoms with E-state index in [1.807, 2.05) is 0 Å². The number of amides is 1. The van der Waals surface area contributed by atoms with E-state index in [0.717, 1.165) is 5.56 Å². The highest BCUT2D eigenvalue weighted by Gasteiger charge is 2.20. The van der Waals surface area contributed by atoms with E-state index >= 15 is 0 Å². The maximum absolute atomic E-state index is 12.8. The molecule has 1 aliphatic heterocycles. The van der Waals surface area contributed by atoms with Gasteiger partial charge in [-0.15, -0.1) is 10.1 Å². The molecule has 3 nitrogen and oxygen atoms in total. The molecular weight excluding hydrogens is 183 g/mol. The number of halogens is 1. The highest BCUT2D eigenvalue weighted by atomic mass is 19.1. The van der Waals surface area contributed by atoms with Crippen LogP contribution in [0, 0.1) is 5.82 Å². The summed E-state index contributed by atoms with van der Waals surface area (Å²) in [6.45, 7) is 0.634. The summed E-state index contributed by atoms with van der Waals surface area (Å²) in [5.74, 6) is -0.276. The summed E-state index contributed by atoms with van der Waals surface area (Å²) in [5.41, 5.74) is 3.38. The largest absolute Gasteiger partial charge is 0.280 e. The molecule has 0 aliphatic carbocycles. The third-order valence-electron chi connectivity index (χ3n) is 2.00. The molecule has 0 spiro atoms. The summed E-state index contributed by atoms with van der Waals surface area (Å²) in [5, 5.41) is 0. The first kappa shape index (κ1) is 8.87. The van der Waals surface area contributed by atoms with Gasteiger partial charge in [0.1, 0.15) is 5.82 Å². The Morgan fingerprint density at radius 1 is 1.50 bits per heavy atom. The first-order chi connectivity index (χ1) is 6.74. The van der Waals surface area contributed by atoms with E-state index in [1.165, 1.54) is 12.1 Å². The summed E-state index contributed by atoms with van der Waals surface area (Å²) in [6, 6.07) is 6.23. The second-order valence-electron chi connectivity index (χ2n) is 3.16. The molecular formula is C10H10FN2O+. The zero-order valence-corrected chi connectivity index (χ0v) is 7.53. The number of carbonyl (C=O) groups is 1. The van der Waals surface area contributed by atoms with Gasteiger partial charge >= 0.3 is 0 Å². The lowest BCUT2D eigenvalue weighted by atomic mass is 10.2. The molecule has 1 aliphatic rings. The fourth-order valence-electron chi connectivity index (χ4n) is 1.36. The molecule has 1 aromatic carbocycles. The topological polar surface area (TPSA) is 32.1 Å². The second kappa shape index (κ2) is 3.57. The smallest absolute Gasteiger partial charge is 0.269 e. The Bertz CT molecular complexity index is 401. The van der Waals surface area contributed by atoms with Gasteiger partial charge in [-0.25, -0.2) is 4.39 Å². The van der Waals surface area contributed by atoms with Crippen LogP contribution in [-0.4, -0.2) is 23.4 Å². The van der Waals surface area contributed by atoms with Gasteiger partial charge in [-0.2, -0.15) is 0 Å². The Balaban J connectivity index is 2.21. The number of nitrogens with one attached hydrogen (secondary N) is 1. The van der Waals surface area contributed by atoms with Gasteiger partial charge in [-0.3, -0.25) is 4.79 Å². The Morgan fingerprint density at radius 3 is 3.00 bits per heavy atom. The molecule has 0 unspecified atom stereocenters. The van der Waals surface area contributed by atoms with E-state index in [0.29, 0.717) is 13.0 Å². The molecule has 1 saturated heterocycles. The standard InChI is InChI=1S/C10H9FN2O/c11-9-3-1-2-8(6-9)7-13-5-4-10(14)12-13/h1-3,6-7H,4-5H2/p+1/b13-7+. The van der Waals surface area contributed by atoms with Crippen molar-refractivity contribution in [3.05, 3.63) is 35.6 Å². The zero-order chi connectivity index (χ0) is 9.97. The number of rotatable bonds is 1. The molecule has 1 aromatic rings. The number of hydrazone groups is 1. The molecule has 0 atom stereocenters. The normalized spacial score (nSPS) is 18.6. The van der Waals surface area contributed by atoms with Gasteiger partial charge in [-0.1, -0.05) is 6.07 Å². The lowest BCUT2D eigenvalue weighted by molar-refractivity contribution is -0.553. The molecule has 0 radical (unpaired) electrons. The van der Waals surface area contributed by atoms with E-state index in [4.69, 9.17) is 0 Å². The first-order valence-electron chi connectivity index (χ1n) is 4.40. The van der Waals surface area contributed by atoms with Crippen LogP contribution in [0.3, 0.4) is 0 Å². The van der Waals surface area contributed by atoms with Crippen molar-refractivity contribution < 1.29 is 13.9 Å². The van der Waals surface area contributed by atoms with Crippen LogP contribution in [0.25, 0.3) is 0 Å². The molecule has 2 rings (SSSR count). The van der Waals surface area contributed by atoms with Crippen LogP contribution in [0.15, 0.2) is 24.3 Å². The van der Waals surface area contributed by atoms with Crippen LogP contribution in [0.4, 0.5) is 4.39 Å². The fraction of sp³-hybridized carbons (Fsp3) is 0.200. The Hall–Kier alpha value is -1.71. The van der Waals surface area contributed by atoms with Gasteiger partial charge in [0.15, 0.2) is 6.54 Å². The summed E-state index contributed by atoms with van der Waals surface area (Å²) >= 11 is 0. The molecule has 0 aromatic heterocycles. The molecule has 14 heavy (non-hydrogen) atoms. The molecule has 1 heterocycles. The van der Waals surface area contributed by atoms with Crippen molar-refractivity contribution >= 4 is 12.1 Å². The number of hydrazine groups is 1.